The number of hydrogen-bond donors (Lipinski definition) is 3. The number of nitrogens with one attached hydrogen (secondary N) is 3. The standard InChI is InChI=1S/C24H32Cl2N6O3S/c1-15-12-20(25)28-22(26)21(15)23(34)27-8-4-16(2)31-9-5-19(6-10-31)32(13-18-7-11-36-14-18)24(35)30-29-17(3)33/h7,11-12,14,16,19H,4-6,8-10,13H2,1-3H3,(H,27,34)(H,29,33)(H,30,35)/t16-/m1/s1. The summed E-state index contributed by atoms with van der Waals surface area (Å²) in [6, 6.07) is 3.63. The molecule has 0 aromatic carbocycles. The molecule has 2 aromatic rings. The minimum atomic E-state index is -0.320. The zero-order chi connectivity index (χ0) is 26.2. The van der Waals surface area contributed by atoms with Gasteiger partial charge in [0.1, 0.15) is 10.3 Å². The molecular formula is C24H32Cl2N6O3S. The smallest absolute Gasteiger partial charge is 0.336 e. The van der Waals surface area contributed by atoms with Crippen LogP contribution in [0.15, 0.2) is 22.9 Å². The van der Waals surface area contributed by atoms with Gasteiger partial charge in [0.15, 0.2) is 0 Å². The highest BCUT2D eigenvalue weighted by atomic mass is 35.5. The lowest BCUT2D eigenvalue weighted by Crippen LogP contribution is -2.54. The molecule has 1 fully saturated rings. The van der Waals surface area contributed by atoms with Crippen molar-refractivity contribution in [2.24, 2.45) is 0 Å². The van der Waals surface area contributed by atoms with Crippen molar-refractivity contribution in [3.05, 3.63) is 49.9 Å². The molecule has 0 unspecified atom stereocenters. The van der Waals surface area contributed by atoms with Crippen LogP contribution in [0.5, 0.6) is 0 Å². The van der Waals surface area contributed by atoms with Gasteiger partial charge in [-0.25, -0.2) is 15.2 Å². The Morgan fingerprint density at radius 3 is 2.58 bits per heavy atom. The largest absolute Gasteiger partial charge is 0.352 e. The summed E-state index contributed by atoms with van der Waals surface area (Å²) in [7, 11) is 0. The molecule has 0 spiro atoms. The number of halogens is 2. The van der Waals surface area contributed by atoms with Gasteiger partial charge in [-0.15, -0.1) is 0 Å². The summed E-state index contributed by atoms with van der Waals surface area (Å²) in [6.45, 7) is 7.93. The predicted molar refractivity (Wildman–Crippen MR) is 142 cm³/mol. The Kier molecular flexibility index (Phi) is 10.4. The number of aryl methyl sites for hydroxylation is 1. The zero-order valence-electron chi connectivity index (χ0n) is 20.6. The summed E-state index contributed by atoms with van der Waals surface area (Å²) in [6.07, 6.45) is 2.41. The van der Waals surface area contributed by atoms with Crippen LogP contribution >= 0.6 is 34.5 Å². The summed E-state index contributed by atoms with van der Waals surface area (Å²) in [5, 5.41) is 7.30. The van der Waals surface area contributed by atoms with E-state index in [2.05, 4.69) is 33.0 Å². The molecule has 3 N–H and O–H groups in total. The lowest BCUT2D eigenvalue weighted by Gasteiger charge is -2.40. The average Bonchev–Trinajstić information content (AvgIpc) is 3.34. The van der Waals surface area contributed by atoms with E-state index in [1.807, 2.05) is 16.8 Å². The fourth-order valence-electron chi connectivity index (χ4n) is 4.33. The quantitative estimate of drug-likeness (QED) is 0.337. The van der Waals surface area contributed by atoms with Crippen LogP contribution in [-0.4, -0.2) is 64.3 Å². The number of carbonyl (C=O) groups excluding carboxylic acids is 3. The second-order valence-electron chi connectivity index (χ2n) is 8.96. The average molecular weight is 556 g/mol. The number of nitrogens with zero attached hydrogens (tertiary/aromatic N) is 3. The van der Waals surface area contributed by atoms with Crippen molar-refractivity contribution < 1.29 is 14.4 Å². The van der Waals surface area contributed by atoms with Crippen molar-refractivity contribution in [1.82, 2.24) is 31.0 Å². The number of likely N-dealkylation sites (tertiary alicyclic amines) is 1. The molecule has 0 radical (unpaired) electrons. The van der Waals surface area contributed by atoms with Gasteiger partial charge < -0.3 is 15.1 Å². The predicted octanol–water partition coefficient (Wildman–Crippen LogP) is 3.99. The summed E-state index contributed by atoms with van der Waals surface area (Å²) in [4.78, 5) is 44.8. The van der Waals surface area contributed by atoms with Gasteiger partial charge in [0.25, 0.3) is 5.91 Å². The minimum absolute atomic E-state index is 0.0596. The maximum absolute atomic E-state index is 12.8. The van der Waals surface area contributed by atoms with E-state index in [0.29, 0.717) is 24.2 Å². The summed E-state index contributed by atoms with van der Waals surface area (Å²) in [5.74, 6) is -0.582. The number of rotatable bonds is 8. The van der Waals surface area contributed by atoms with Crippen molar-refractivity contribution >= 4 is 52.4 Å². The van der Waals surface area contributed by atoms with Crippen LogP contribution in [-0.2, 0) is 11.3 Å². The Labute approximate surface area is 225 Å². The Morgan fingerprint density at radius 1 is 1.25 bits per heavy atom. The van der Waals surface area contributed by atoms with Gasteiger partial charge in [-0.05, 0) is 67.1 Å². The fraction of sp³-hybridized carbons (Fsp3) is 0.500. The number of thiophene rings is 1. The first-order chi connectivity index (χ1) is 17.2. The molecule has 3 heterocycles. The first-order valence-corrected chi connectivity index (χ1v) is 13.5. The molecule has 1 saturated heterocycles. The SMILES string of the molecule is CC(=O)NNC(=O)N(Cc1ccsc1)C1CCN([C@H](C)CCNC(=O)c2c(C)cc(Cl)nc2Cl)CC1. The third-order valence-electron chi connectivity index (χ3n) is 6.32. The van der Waals surface area contributed by atoms with Crippen molar-refractivity contribution in [3.8, 4) is 0 Å². The summed E-state index contributed by atoms with van der Waals surface area (Å²) in [5.41, 5.74) is 6.98. The van der Waals surface area contributed by atoms with E-state index in [4.69, 9.17) is 23.2 Å². The molecule has 3 rings (SSSR count). The van der Waals surface area contributed by atoms with E-state index in [-0.39, 0.29) is 40.2 Å². The molecule has 0 aliphatic carbocycles. The Morgan fingerprint density at radius 2 is 1.97 bits per heavy atom. The normalized spacial score (nSPS) is 15.2. The second kappa shape index (κ2) is 13.2. The third-order valence-corrected chi connectivity index (χ3v) is 7.52. The van der Waals surface area contributed by atoms with Crippen molar-refractivity contribution in [2.75, 3.05) is 19.6 Å². The number of piperidine rings is 1. The van der Waals surface area contributed by atoms with Gasteiger partial charge in [-0.2, -0.15) is 11.3 Å². The Balaban J connectivity index is 1.50. The van der Waals surface area contributed by atoms with Gasteiger partial charge in [-0.1, -0.05) is 23.2 Å². The molecule has 36 heavy (non-hydrogen) atoms. The van der Waals surface area contributed by atoms with Crippen molar-refractivity contribution in [3.63, 3.8) is 0 Å². The molecule has 0 bridgehead atoms. The minimum Gasteiger partial charge on any atom is -0.352 e. The first-order valence-electron chi connectivity index (χ1n) is 11.8. The molecule has 0 saturated carbocycles. The van der Waals surface area contributed by atoms with Crippen LogP contribution in [0, 0.1) is 6.92 Å². The van der Waals surface area contributed by atoms with Crippen LogP contribution < -0.4 is 16.2 Å². The highest BCUT2D eigenvalue weighted by Crippen LogP contribution is 2.23. The number of urea groups is 1. The lowest BCUT2D eigenvalue weighted by atomic mass is 10.0. The highest BCUT2D eigenvalue weighted by molar-refractivity contribution is 7.07. The van der Waals surface area contributed by atoms with E-state index in [1.165, 1.54) is 6.92 Å². The van der Waals surface area contributed by atoms with E-state index in [9.17, 15) is 14.4 Å². The van der Waals surface area contributed by atoms with Crippen molar-refractivity contribution in [2.45, 2.75) is 58.7 Å². The van der Waals surface area contributed by atoms with E-state index in [1.54, 1.807) is 29.2 Å². The van der Waals surface area contributed by atoms with E-state index >= 15 is 0 Å². The number of aromatic nitrogens is 1. The van der Waals surface area contributed by atoms with Gasteiger partial charge in [0, 0.05) is 45.2 Å². The molecule has 1 aliphatic rings. The van der Waals surface area contributed by atoms with Crippen LogP contribution in [0.25, 0.3) is 0 Å². The zero-order valence-corrected chi connectivity index (χ0v) is 23.0. The number of hydrogen-bond acceptors (Lipinski definition) is 6. The number of amides is 4. The fourth-order valence-corrected chi connectivity index (χ4v) is 5.61. The Hall–Kier alpha value is -2.40. The lowest BCUT2D eigenvalue weighted by molar-refractivity contribution is -0.119. The monoisotopic (exact) mass is 554 g/mol. The maximum Gasteiger partial charge on any atom is 0.336 e. The molecule has 4 amide bonds. The number of pyridine rings is 1. The molecule has 9 nitrogen and oxygen atoms in total. The molecule has 2 aromatic heterocycles. The van der Waals surface area contributed by atoms with Crippen LogP contribution in [0.3, 0.4) is 0 Å². The number of carbonyl (C=O) groups is 3. The maximum atomic E-state index is 12.8. The third kappa shape index (κ3) is 7.80. The molecule has 1 aliphatic heterocycles. The second-order valence-corrected chi connectivity index (χ2v) is 10.5. The van der Waals surface area contributed by atoms with E-state index in [0.717, 1.165) is 37.9 Å². The topological polar surface area (TPSA) is 107 Å². The van der Waals surface area contributed by atoms with Crippen LogP contribution in [0.2, 0.25) is 10.3 Å². The van der Waals surface area contributed by atoms with Gasteiger partial charge in [-0.3, -0.25) is 15.0 Å². The first kappa shape index (κ1) is 28.2. The Bertz CT molecular complexity index is 1040. The number of hydrazine groups is 1. The molecule has 1 atom stereocenters. The molecular weight excluding hydrogens is 523 g/mol. The van der Waals surface area contributed by atoms with Crippen molar-refractivity contribution in [1.29, 1.82) is 0 Å². The molecule has 196 valence electrons. The van der Waals surface area contributed by atoms with Gasteiger partial charge >= 0.3 is 6.03 Å². The molecule has 12 heteroatoms. The highest BCUT2D eigenvalue weighted by Gasteiger charge is 2.30. The van der Waals surface area contributed by atoms with Gasteiger partial charge in [0.2, 0.25) is 5.91 Å². The van der Waals surface area contributed by atoms with Gasteiger partial charge in [0.05, 0.1) is 5.56 Å². The van der Waals surface area contributed by atoms with Crippen LogP contribution in [0.1, 0.15) is 54.6 Å². The summed E-state index contributed by atoms with van der Waals surface area (Å²) < 4.78 is 0. The van der Waals surface area contributed by atoms with Crippen LogP contribution in [0.4, 0.5) is 4.79 Å². The summed E-state index contributed by atoms with van der Waals surface area (Å²) >= 11 is 13.6. The van der Waals surface area contributed by atoms with E-state index < -0.39 is 0 Å².